The van der Waals surface area contributed by atoms with Crippen molar-refractivity contribution in [3.05, 3.63) is 0 Å². The number of rotatable bonds is 1. The van der Waals surface area contributed by atoms with Gasteiger partial charge in [0.05, 0.1) is 6.04 Å². The third-order valence-electron chi connectivity index (χ3n) is 4.65. The van der Waals surface area contributed by atoms with Gasteiger partial charge in [-0.3, -0.25) is 0 Å². The van der Waals surface area contributed by atoms with Gasteiger partial charge < -0.3 is 4.74 Å². The van der Waals surface area contributed by atoms with E-state index >= 15 is 0 Å². The van der Waals surface area contributed by atoms with Crippen molar-refractivity contribution in [1.82, 2.24) is 4.72 Å². The fraction of sp³-hybridized carbons (Fsp3) is 0.929. The highest BCUT2D eigenvalue weighted by atomic mass is 32.2. The van der Waals surface area contributed by atoms with Crippen molar-refractivity contribution in [2.45, 2.75) is 75.9 Å². The van der Waals surface area contributed by atoms with Crippen LogP contribution < -0.4 is 4.72 Å². The lowest BCUT2D eigenvalue weighted by molar-refractivity contribution is 0.0301. The molecule has 2 saturated carbocycles. The van der Waals surface area contributed by atoms with Crippen molar-refractivity contribution in [2.24, 2.45) is 4.99 Å². The average molecular weight is 300 g/mol. The lowest BCUT2D eigenvalue weighted by atomic mass is 9.86. The molecule has 0 aromatic carbocycles. The molecule has 1 N–H and O–H groups in total. The highest BCUT2D eigenvalue weighted by molar-refractivity contribution is 7.90. The smallest absolute Gasteiger partial charge is 0.299 e. The van der Waals surface area contributed by atoms with Gasteiger partial charge in [0.2, 0.25) is 10.0 Å². The van der Waals surface area contributed by atoms with E-state index in [-0.39, 0.29) is 17.8 Å². The predicted octanol–water partition coefficient (Wildman–Crippen LogP) is 2.33. The molecule has 0 bridgehead atoms. The molecule has 0 aromatic rings. The maximum atomic E-state index is 12.1. The normalized spacial score (nSPS) is 31.7. The van der Waals surface area contributed by atoms with Crippen LogP contribution in [0.25, 0.3) is 0 Å². The molecule has 3 aliphatic rings. The molecule has 0 aromatic heterocycles. The molecule has 20 heavy (non-hydrogen) atoms. The van der Waals surface area contributed by atoms with Crippen molar-refractivity contribution in [3.63, 3.8) is 0 Å². The topological polar surface area (TPSA) is 67.8 Å². The summed E-state index contributed by atoms with van der Waals surface area (Å²) in [5.74, 6) is 0.0870. The van der Waals surface area contributed by atoms with Crippen LogP contribution >= 0.6 is 0 Å². The van der Waals surface area contributed by atoms with Crippen LogP contribution in [-0.4, -0.2) is 31.8 Å². The number of nitrogens with zero attached hydrogens (tertiary/aromatic N) is 1. The minimum Gasteiger partial charge on any atom is -0.457 e. The fourth-order valence-corrected chi connectivity index (χ4v) is 5.11. The zero-order valence-electron chi connectivity index (χ0n) is 11.9. The van der Waals surface area contributed by atoms with Gasteiger partial charge >= 0.3 is 0 Å². The molecule has 0 unspecified atom stereocenters. The lowest BCUT2D eigenvalue weighted by Gasteiger charge is -2.40. The second kappa shape index (κ2) is 5.54. The maximum Gasteiger partial charge on any atom is 0.299 e. The Morgan fingerprint density at radius 1 is 1.05 bits per heavy atom. The Morgan fingerprint density at radius 2 is 1.70 bits per heavy atom. The zero-order chi connectivity index (χ0) is 14.1. The summed E-state index contributed by atoms with van der Waals surface area (Å²) in [7, 11) is -3.30. The molecule has 3 rings (SSSR count). The first kappa shape index (κ1) is 14.2. The Labute approximate surface area is 121 Å². The maximum absolute atomic E-state index is 12.1. The van der Waals surface area contributed by atoms with Crippen molar-refractivity contribution in [2.75, 3.05) is 5.75 Å². The third kappa shape index (κ3) is 3.27. The van der Waals surface area contributed by atoms with Gasteiger partial charge in [0, 0.05) is 0 Å². The van der Waals surface area contributed by atoms with Gasteiger partial charge in [0.25, 0.3) is 6.02 Å². The van der Waals surface area contributed by atoms with E-state index in [4.69, 9.17) is 4.74 Å². The van der Waals surface area contributed by atoms with Gasteiger partial charge in [0.15, 0.2) is 0 Å². The van der Waals surface area contributed by atoms with Gasteiger partial charge in [0.1, 0.15) is 11.4 Å². The molecule has 1 spiro atoms. The van der Waals surface area contributed by atoms with Crippen LogP contribution in [0.1, 0.15) is 64.2 Å². The Kier molecular flexibility index (Phi) is 3.93. The fourth-order valence-electron chi connectivity index (χ4n) is 3.64. The van der Waals surface area contributed by atoms with Gasteiger partial charge in [-0.25, -0.2) is 18.1 Å². The summed E-state index contributed by atoms with van der Waals surface area (Å²) in [6.07, 6.45) is 10.6. The van der Waals surface area contributed by atoms with Crippen LogP contribution in [0.5, 0.6) is 0 Å². The standard InChI is InChI=1S/C14H24N2O3S/c17-20(18)11-14(9-5-2-6-10-14)19-13(16-20)15-12-7-3-1-4-8-12/h12H,1-11H2,(H,15,16). The Morgan fingerprint density at radius 3 is 2.40 bits per heavy atom. The summed E-state index contributed by atoms with van der Waals surface area (Å²) < 4.78 is 32.7. The number of ether oxygens (including phenoxy) is 1. The molecule has 2 aliphatic carbocycles. The van der Waals surface area contributed by atoms with E-state index in [0.717, 1.165) is 38.5 Å². The quantitative estimate of drug-likeness (QED) is 0.808. The third-order valence-corrected chi connectivity index (χ3v) is 6.04. The Bertz CT molecular complexity index is 475. The van der Waals surface area contributed by atoms with Crippen molar-refractivity contribution < 1.29 is 13.2 Å². The molecule has 1 aliphatic heterocycles. The average Bonchev–Trinajstić information content (AvgIpc) is 2.38. The lowest BCUT2D eigenvalue weighted by Crippen LogP contribution is -2.55. The van der Waals surface area contributed by atoms with Crippen LogP contribution in [0, 0.1) is 0 Å². The summed E-state index contributed by atoms with van der Waals surface area (Å²) in [5, 5.41) is 0. The highest BCUT2D eigenvalue weighted by Gasteiger charge is 2.44. The van der Waals surface area contributed by atoms with Crippen LogP contribution in [-0.2, 0) is 14.8 Å². The highest BCUT2D eigenvalue weighted by Crippen LogP contribution is 2.35. The van der Waals surface area contributed by atoms with Crippen LogP contribution in [0.2, 0.25) is 0 Å². The second-order valence-corrected chi connectivity index (χ2v) is 8.16. The molecule has 0 amide bonds. The summed E-state index contributed by atoms with van der Waals surface area (Å²) >= 11 is 0. The van der Waals surface area contributed by atoms with E-state index in [1.54, 1.807) is 0 Å². The Hall–Kier alpha value is -0.780. The number of nitrogens with one attached hydrogen (secondary N) is 1. The first-order valence-electron chi connectivity index (χ1n) is 7.84. The van der Waals surface area contributed by atoms with Gasteiger partial charge in [-0.15, -0.1) is 0 Å². The molecule has 6 heteroatoms. The SMILES string of the molecule is O=S1(=O)CC2(CCCCC2)OC(=NC2CCCCC2)N1. The van der Waals surface area contributed by atoms with Gasteiger partial charge in [-0.05, 0) is 38.5 Å². The largest absolute Gasteiger partial charge is 0.457 e. The van der Waals surface area contributed by atoms with E-state index in [2.05, 4.69) is 9.71 Å². The Balaban J connectivity index is 1.78. The van der Waals surface area contributed by atoms with Crippen LogP contribution in [0.15, 0.2) is 4.99 Å². The molecule has 5 nitrogen and oxygen atoms in total. The number of sulfonamides is 1. The number of amidine groups is 1. The predicted molar refractivity (Wildman–Crippen MR) is 78.1 cm³/mol. The molecule has 0 atom stereocenters. The molecular formula is C14H24N2O3S. The number of hydrogen-bond acceptors (Lipinski definition) is 4. The van der Waals surface area contributed by atoms with Crippen molar-refractivity contribution >= 4 is 16.0 Å². The van der Waals surface area contributed by atoms with Crippen molar-refractivity contribution in [3.8, 4) is 0 Å². The van der Waals surface area contributed by atoms with E-state index in [0.29, 0.717) is 0 Å². The van der Waals surface area contributed by atoms with E-state index in [1.807, 2.05) is 0 Å². The number of hydrogen-bond donors (Lipinski definition) is 1. The molecule has 3 fully saturated rings. The zero-order valence-corrected chi connectivity index (χ0v) is 12.8. The first-order chi connectivity index (χ1) is 9.57. The number of aliphatic imine (C=N–C) groups is 1. The summed E-state index contributed by atoms with van der Waals surface area (Å²) in [5.41, 5.74) is -0.518. The monoisotopic (exact) mass is 300 g/mol. The first-order valence-corrected chi connectivity index (χ1v) is 9.50. The van der Waals surface area contributed by atoms with Gasteiger partial charge in [-0.2, -0.15) is 0 Å². The van der Waals surface area contributed by atoms with E-state index in [9.17, 15) is 8.42 Å². The van der Waals surface area contributed by atoms with Crippen LogP contribution in [0.3, 0.4) is 0 Å². The van der Waals surface area contributed by atoms with Crippen LogP contribution in [0.4, 0.5) is 0 Å². The minimum atomic E-state index is -3.30. The van der Waals surface area contributed by atoms with Crippen molar-refractivity contribution in [1.29, 1.82) is 0 Å². The van der Waals surface area contributed by atoms with Gasteiger partial charge in [-0.1, -0.05) is 25.7 Å². The minimum absolute atomic E-state index is 0.0870. The second-order valence-electron chi connectivity index (χ2n) is 6.43. The molecule has 0 radical (unpaired) electrons. The summed E-state index contributed by atoms with van der Waals surface area (Å²) in [6.45, 7) is 0. The molecular weight excluding hydrogens is 276 g/mol. The summed E-state index contributed by atoms with van der Waals surface area (Å²) in [6, 6.07) is 0.477. The molecule has 1 heterocycles. The van der Waals surface area contributed by atoms with E-state index in [1.165, 1.54) is 25.7 Å². The molecule has 114 valence electrons. The summed E-state index contributed by atoms with van der Waals surface area (Å²) in [4.78, 5) is 4.54. The van der Waals surface area contributed by atoms with E-state index < -0.39 is 15.6 Å². The molecule has 1 saturated heterocycles.